The Bertz CT molecular complexity index is 97.9. The van der Waals surface area contributed by atoms with Gasteiger partial charge in [0, 0.05) is 5.88 Å². The molecule has 0 aromatic carbocycles. The molecule has 0 radical (unpaired) electrons. The van der Waals surface area contributed by atoms with Crippen LogP contribution in [0.3, 0.4) is 0 Å². The predicted octanol–water partition coefficient (Wildman–Crippen LogP) is 1.96. The minimum atomic E-state index is -0.672. The molecule has 0 fully saturated rings. The van der Waals surface area contributed by atoms with Gasteiger partial charge < -0.3 is 0 Å². The van der Waals surface area contributed by atoms with Gasteiger partial charge in [0.15, 0.2) is 0 Å². The molecule has 0 spiro atoms. The predicted molar refractivity (Wildman–Crippen MR) is 35.6 cm³/mol. The second-order valence-electron chi connectivity index (χ2n) is 1.20. The average molecular weight is 172 g/mol. The van der Waals surface area contributed by atoms with E-state index in [1.165, 1.54) is 0 Å². The van der Waals surface area contributed by atoms with E-state index in [1.54, 1.807) is 6.07 Å². The molecule has 0 aliphatic heterocycles. The third-order valence-electron chi connectivity index (χ3n) is 0.588. The molecule has 8 heavy (non-hydrogen) atoms. The molecule has 1 nitrogen and oxygen atoms in total. The van der Waals surface area contributed by atoms with E-state index < -0.39 is 10.8 Å². The van der Waals surface area contributed by atoms with E-state index >= 15 is 0 Å². The normalized spacial score (nSPS) is 16.8. The lowest BCUT2D eigenvalue weighted by Crippen LogP contribution is -2.13. The highest BCUT2D eigenvalue weighted by Crippen LogP contribution is 2.09. The standard InChI is InChI=1S/C4H4Cl3N/c5-1-3(6)4(7)2-8/h3-4H,1H2/t3-,4+/m0/s1. The summed E-state index contributed by atoms with van der Waals surface area (Å²) in [6.45, 7) is 0. The quantitative estimate of drug-likeness (QED) is 0.584. The molecule has 0 rings (SSSR count). The van der Waals surface area contributed by atoms with E-state index in [0.717, 1.165) is 0 Å². The van der Waals surface area contributed by atoms with Crippen molar-refractivity contribution in [3.63, 3.8) is 0 Å². The van der Waals surface area contributed by atoms with Crippen LogP contribution in [0.4, 0.5) is 0 Å². The summed E-state index contributed by atoms with van der Waals surface area (Å²) in [7, 11) is 0. The molecular formula is C4H4Cl3N. The zero-order valence-electron chi connectivity index (χ0n) is 3.94. The minimum absolute atomic E-state index is 0.212. The smallest absolute Gasteiger partial charge is 0.138 e. The number of nitrogens with zero attached hydrogens (tertiary/aromatic N) is 1. The molecule has 0 aliphatic rings. The van der Waals surface area contributed by atoms with Crippen LogP contribution in [0.2, 0.25) is 0 Å². The Morgan fingerprint density at radius 3 is 2.12 bits per heavy atom. The van der Waals surface area contributed by atoms with Crippen molar-refractivity contribution in [2.75, 3.05) is 5.88 Å². The molecule has 0 unspecified atom stereocenters. The van der Waals surface area contributed by atoms with Crippen molar-refractivity contribution in [3.8, 4) is 6.07 Å². The first kappa shape index (κ1) is 8.36. The fraction of sp³-hybridized carbons (Fsp3) is 0.750. The Labute approximate surface area is 63.1 Å². The lowest BCUT2D eigenvalue weighted by Gasteiger charge is -2.01. The van der Waals surface area contributed by atoms with Gasteiger partial charge in [-0.1, -0.05) is 0 Å². The molecule has 0 amide bonds. The minimum Gasteiger partial charge on any atom is -0.197 e. The van der Waals surface area contributed by atoms with Crippen LogP contribution in [0.25, 0.3) is 0 Å². The van der Waals surface area contributed by atoms with Crippen LogP contribution in [0.1, 0.15) is 0 Å². The molecule has 0 aromatic heterocycles. The maximum Gasteiger partial charge on any atom is 0.138 e. The lowest BCUT2D eigenvalue weighted by molar-refractivity contribution is 0.993. The molecule has 0 saturated heterocycles. The summed E-state index contributed by atoms with van der Waals surface area (Å²) < 4.78 is 0. The summed E-state index contributed by atoms with van der Waals surface area (Å²) in [5.74, 6) is 0.212. The molecule has 0 bridgehead atoms. The van der Waals surface area contributed by atoms with Crippen LogP contribution in [0.15, 0.2) is 0 Å². The Morgan fingerprint density at radius 2 is 2.00 bits per heavy atom. The second kappa shape index (κ2) is 4.26. The highest BCUT2D eigenvalue weighted by atomic mass is 35.5. The summed E-state index contributed by atoms with van der Waals surface area (Å²) in [4.78, 5) is 0. The second-order valence-corrected chi connectivity index (χ2v) is 2.54. The van der Waals surface area contributed by atoms with E-state index in [-0.39, 0.29) is 5.88 Å². The van der Waals surface area contributed by atoms with Gasteiger partial charge in [0.1, 0.15) is 5.38 Å². The summed E-state index contributed by atoms with van der Waals surface area (Å²) >= 11 is 16.0. The molecule has 0 aliphatic carbocycles. The number of nitriles is 1. The highest BCUT2D eigenvalue weighted by molar-refractivity contribution is 6.34. The van der Waals surface area contributed by atoms with Gasteiger partial charge in [0.2, 0.25) is 0 Å². The van der Waals surface area contributed by atoms with Crippen molar-refractivity contribution in [3.05, 3.63) is 0 Å². The summed E-state index contributed by atoms with van der Waals surface area (Å²) in [5.41, 5.74) is 0. The third-order valence-corrected chi connectivity index (χ3v) is 2.02. The Balaban J connectivity index is 3.49. The van der Waals surface area contributed by atoms with Crippen molar-refractivity contribution >= 4 is 34.8 Å². The number of hydrogen-bond donors (Lipinski definition) is 0. The van der Waals surface area contributed by atoms with Gasteiger partial charge in [0.05, 0.1) is 11.4 Å². The molecule has 0 aromatic rings. The van der Waals surface area contributed by atoms with Gasteiger partial charge in [-0.15, -0.1) is 34.8 Å². The van der Waals surface area contributed by atoms with Crippen LogP contribution in [-0.2, 0) is 0 Å². The first-order valence-corrected chi connectivity index (χ1v) is 3.36. The maximum atomic E-state index is 8.11. The Morgan fingerprint density at radius 1 is 1.50 bits per heavy atom. The molecule has 0 heterocycles. The van der Waals surface area contributed by atoms with Crippen molar-refractivity contribution in [1.29, 1.82) is 5.26 Å². The lowest BCUT2D eigenvalue weighted by atomic mass is 10.3. The van der Waals surface area contributed by atoms with Crippen molar-refractivity contribution in [2.45, 2.75) is 10.8 Å². The molecule has 0 N–H and O–H groups in total. The molecule has 2 atom stereocenters. The highest BCUT2D eigenvalue weighted by Gasteiger charge is 2.13. The summed E-state index contributed by atoms with van der Waals surface area (Å²) in [5, 5.41) is 7.00. The third kappa shape index (κ3) is 2.61. The van der Waals surface area contributed by atoms with Gasteiger partial charge >= 0.3 is 0 Å². The van der Waals surface area contributed by atoms with Crippen LogP contribution in [0, 0.1) is 11.3 Å². The molecular weight excluding hydrogens is 168 g/mol. The van der Waals surface area contributed by atoms with E-state index in [4.69, 9.17) is 40.1 Å². The maximum absolute atomic E-state index is 8.11. The first-order valence-electron chi connectivity index (χ1n) is 1.96. The van der Waals surface area contributed by atoms with Crippen LogP contribution in [-0.4, -0.2) is 16.6 Å². The SMILES string of the molecule is N#C[C@@H](Cl)[C@@H](Cl)CCl. The van der Waals surface area contributed by atoms with E-state index in [9.17, 15) is 0 Å². The van der Waals surface area contributed by atoms with Crippen molar-refractivity contribution < 1.29 is 0 Å². The van der Waals surface area contributed by atoms with Crippen LogP contribution in [0.5, 0.6) is 0 Å². The number of alkyl halides is 3. The Hall–Kier alpha value is 0.360. The van der Waals surface area contributed by atoms with Gasteiger partial charge in [0.25, 0.3) is 0 Å². The molecule has 0 saturated carbocycles. The van der Waals surface area contributed by atoms with Gasteiger partial charge in [-0.2, -0.15) is 5.26 Å². The zero-order valence-corrected chi connectivity index (χ0v) is 6.21. The largest absolute Gasteiger partial charge is 0.197 e. The fourth-order valence-electron chi connectivity index (χ4n) is 0.159. The number of hydrogen-bond acceptors (Lipinski definition) is 1. The zero-order chi connectivity index (χ0) is 6.57. The van der Waals surface area contributed by atoms with Gasteiger partial charge in [-0.3, -0.25) is 0 Å². The van der Waals surface area contributed by atoms with Crippen molar-refractivity contribution in [1.82, 2.24) is 0 Å². The Kier molecular flexibility index (Phi) is 4.45. The molecule has 4 heteroatoms. The van der Waals surface area contributed by atoms with Gasteiger partial charge in [-0.05, 0) is 0 Å². The number of rotatable bonds is 2. The average Bonchev–Trinajstić information content (AvgIpc) is 1.84. The summed E-state index contributed by atoms with van der Waals surface area (Å²) in [6.07, 6.45) is 0. The van der Waals surface area contributed by atoms with E-state index in [2.05, 4.69) is 0 Å². The summed E-state index contributed by atoms with van der Waals surface area (Å²) in [6, 6.07) is 1.76. The number of halogens is 3. The van der Waals surface area contributed by atoms with Gasteiger partial charge in [-0.25, -0.2) is 0 Å². The van der Waals surface area contributed by atoms with Crippen LogP contribution < -0.4 is 0 Å². The van der Waals surface area contributed by atoms with Crippen LogP contribution >= 0.6 is 34.8 Å². The van der Waals surface area contributed by atoms with E-state index in [1.807, 2.05) is 0 Å². The van der Waals surface area contributed by atoms with Crippen molar-refractivity contribution in [2.24, 2.45) is 0 Å². The fourth-order valence-corrected chi connectivity index (χ4v) is 0.574. The van der Waals surface area contributed by atoms with E-state index in [0.29, 0.717) is 0 Å². The monoisotopic (exact) mass is 171 g/mol. The first-order chi connectivity index (χ1) is 3.72. The topological polar surface area (TPSA) is 23.8 Å². The molecule has 46 valence electrons.